The van der Waals surface area contributed by atoms with Crippen LogP contribution in [0.3, 0.4) is 0 Å². The monoisotopic (exact) mass is 228 g/mol. The lowest BCUT2D eigenvalue weighted by Gasteiger charge is -2.14. The molecule has 84 valence electrons. The molecule has 1 N–H and O–H groups in total. The third kappa shape index (κ3) is 4.20. The van der Waals surface area contributed by atoms with E-state index in [1.54, 1.807) is 6.07 Å². The summed E-state index contributed by atoms with van der Waals surface area (Å²) in [5.41, 5.74) is 1.85. The zero-order valence-corrected chi connectivity index (χ0v) is 10.1. The Kier molecular flexibility index (Phi) is 4.58. The summed E-state index contributed by atoms with van der Waals surface area (Å²) < 4.78 is 5.34. The second kappa shape index (κ2) is 5.50. The van der Waals surface area contributed by atoms with E-state index < -0.39 is 6.10 Å². The lowest BCUT2D eigenvalue weighted by atomic mass is 10.1. The minimum atomic E-state index is -0.607. The van der Waals surface area contributed by atoms with Crippen molar-refractivity contribution in [2.45, 2.75) is 33.0 Å². The fraction of sp³-hybridized carbons (Fsp3) is 0.500. The molecule has 0 bridgehead atoms. The summed E-state index contributed by atoms with van der Waals surface area (Å²) in [4.78, 5) is 0. The lowest BCUT2D eigenvalue weighted by Crippen LogP contribution is -2.11. The molecule has 1 aromatic rings. The summed E-state index contributed by atoms with van der Waals surface area (Å²) in [7, 11) is 0. The maximum atomic E-state index is 9.83. The number of ether oxygens (including phenoxy) is 1. The highest BCUT2D eigenvalue weighted by Gasteiger charge is 2.09. The Labute approximate surface area is 95.8 Å². The molecule has 0 aliphatic heterocycles. The molecular formula is C12H17ClO2. The Morgan fingerprint density at radius 3 is 2.53 bits per heavy atom. The number of hydrogen-bond acceptors (Lipinski definition) is 2. The predicted molar refractivity (Wildman–Crippen MR) is 62.2 cm³/mol. The van der Waals surface area contributed by atoms with Crippen LogP contribution in [0.2, 0.25) is 5.02 Å². The number of aryl methyl sites for hydroxylation is 1. The van der Waals surface area contributed by atoms with E-state index >= 15 is 0 Å². The van der Waals surface area contributed by atoms with E-state index in [1.165, 1.54) is 0 Å². The first-order chi connectivity index (χ1) is 6.99. The molecule has 1 rings (SSSR count). The number of aliphatic hydroxyl groups excluding tert-OH is 1. The van der Waals surface area contributed by atoms with E-state index in [9.17, 15) is 5.11 Å². The highest BCUT2D eigenvalue weighted by Crippen LogP contribution is 2.20. The Morgan fingerprint density at radius 1 is 1.33 bits per heavy atom. The van der Waals surface area contributed by atoms with E-state index in [0.717, 1.165) is 11.1 Å². The van der Waals surface area contributed by atoms with Gasteiger partial charge in [-0.2, -0.15) is 0 Å². The number of rotatable bonds is 4. The van der Waals surface area contributed by atoms with Crippen LogP contribution in [-0.4, -0.2) is 17.8 Å². The smallest absolute Gasteiger partial charge is 0.102 e. The van der Waals surface area contributed by atoms with Crippen LogP contribution in [-0.2, 0) is 4.74 Å². The van der Waals surface area contributed by atoms with E-state index in [-0.39, 0.29) is 6.10 Å². The molecule has 0 heterocycles. The zero-order chi connectivity index (χ0) is 11.4. The number of hydrogen-bond donors (Lipinski definition) is 1. The third-order valence-electron chi connectivity index (χ3n) is 2.04. The van der Waals surface area contributed by atoms with Gasteiger partial charge in [0.05, 0.1) is 12.7 Å². The molecule has 3 heteroatoms. The molecule has 0 saturated heterocycles. The summed E-state index contributed by atoms with van der Waals surface area (Å²) in [5.74, 6) is 0. The second-order valence-corrected chi connectivity index (χ2v) is 4.40. The molecule has 1 aromatic carbocycles. The topological polar surface area (TPSA) is 29.5 Å². The van der Waals surface area contributed by atoms with Crippen molar-refractivity contribution in [3.8, 4) is 0 Å². The van der Waals surface area contributed by atoms with E-state index in [4.69, 9.17) is 16.3 Å². The van der Waals surface area contributed by atoms with Crippen molar-refractivity contribution in [2.24, 2.45) is 0 Å². The van der Waals surface area contributed by atoms with Gasteiger partial charge in [0.15, 0.2) is 0 Å². The first-order valence-corrected chi connectivity index (χ1v) is 5.43. The Balaban J connectivity index is 2.68. The SMILES string of the molecule is Cc1cc(Cl)cc(C(O)COC(C)C)c1. The van der Waals surface area contributed by atoms with Gasteiger partial charge >= 0.3 is 0 Å². The van der Waals surface area contributed by atoms with Gasteiger partial charge in [-0.05, 0) is 44.0 Å². The lowest BCUT2D eigenvalue weighted by molar-refractivity contribution is 0.00492. The molecule has 0 aliphatic rings. The van der Waals surface area contributed by atoms with Crippen molar-refractivity contribution in [1.29, 1.82) is 0 Å². The highest BCUT2D eigenvalue weighted by atomic mass is 35.5. The van der Waals surface area contributed by atoms with Crippen LogP contribution in [0.1, 0.15) is 31.1 Å². The number of benzene rings is 1. The fourth-order valence-corrected chi connectivity index (χ4v) is 1.63. The molecule has 15 heavy (non-hydrogen) atoms. The van der Waals surface area contributed by atoms with Gasteiger partial charge in [-0.1, -0.05) is 17.7 Å². The Morgan fingerprint density at radius 2 is 2.00 bits per heavy atom. The number of halogens is 1. The van der Waals surface area contributed by atoms with E-state index in [2.05, 4.69) is 0 Å². The molecule has 0 radical (unpaired) electrons. The number of aliphatic hydroxyl groups is 1. The van der Waals surface area contributed by atoms with Gasteiger partial charge in [-0.3, -0.25) is 0 Å². The van der Waals surface area contributed by atoms with E-state index in [0.29, 0.717) is 11.6 Å². The fourth-order valence-electron chi connectivity index (χ4n) is 1.34. The molecule has 0 saturated carbocycles. The van der Waals surface area contributed by atoms with Crippen LogP contribution in [0.5, 0.6) is 0 Å². The third-order valence-corrected chi connectivity index (χ3v) is 2.25. The summed E-state index contributed by atoms with van der Waals surface area (Å²) in [6.45, 7) is 6.13. The maximum absolute atomic E-state index is 9.83. The minimum Gasteiger partial charge on any atom is -0.386 e. The Bertz CT molecular complexity index is 303. The van der Waals surface area contributed by atoms with Crippen LogP contribution in [0.15, 0.2) is 18.2 Å². The van der Waals surface area contributed by atoms with Crippen molar-refractivity contribution in [3.05, 3.63) is 34.3 Å². The molecule has 0 aliphatic carbocycles. The predicted octanol–water partition coefficient (Wildman–Crippen LogP) is 3.11. The zero-order valence-electron chi connectivity index (χ0n) is 9.33. The van der Waals surface area contributed by atoms with Gasteiger partial charge in [0, 0.05) is 5.02 Å². The van der Waals surface area contributed by atoms with Crippen LogP contribution < -0.4 is 0 Å². The van der Waals surface area contributed by atoms with Crippen molar-refractivity contribution in [1.82, 2.24) is 0 Å². The second-order valence-electron chi connectivity index (χ2n) is 3.96. The van der Waals surface area contributed by atoms with Crippen LogP contribution >= 0.6 is 11.6 Å². The molecule has 2 nitrogen and oxygen atoms in total. The maximum Gasteiger partial charge on any atom is 0.102 e. The summed E-state index contributed by atoms with van der Waals surface area (Å²) in [5, 5.41) is 10.5. The summed E-state index contributed by atoms with van der Waals surface area (Å²) >= 11 is 5.90. The van der Waals surface area contributed by atoms with E-state index in [1.807, 2.05) is 32.9 Å². The van der Waals surface area contributed by atoms with Crippen LogP contribution in [0.4, 0.5) is 0 Å². The van der Waals surface area contributed by atoms with Gasteiger partial charge in [-0.15, -0.1) is 0 Å². The van der Waals surface area contributed by atoms with Crippen molar-refractivity contribution in [3.63, 3.8) is 0 Å². The first-order valence-electron chi connectivity index (χ1n) is 5.06. The van der Waals surface area contributed by atoms with Crippen LogP contribution in [0.25, 0.3) is 0 Å². The Hall–Kier alpha value is -0.570. The molecule has 1 unspecified atom stereocenters. The summed E-state index contributed by atoms with van der Waals surface area (Å²) in [6.07, 6.45) is -0.482. The molecule has 0 fully saturated rings. The molecule has 0 amide bonds. The largest absolute Gasteiger partial charge is 0.386 e. The average Bonchev–Trinajstić information content (AvgIpc) is 2.12. The van der Waals surface area contributed by atoms with Gasteiger partial charge in [0.2, 0.25) is 0 Å². The van der Waals surface area contributed by atoms with Crippen LogP contribution in [0, 0.1) is 6.92 Å². The van der Waals surface area contributed by atoms with Gasteiger partial charge in [0.1, 0.15) is 6.10 Å². The standard InChI is InChI=1S/C12H17ClO2/c1-8(2)15-7-12(14)10-4-9(3)5-11(13)6-10/h4-6,8,12,14H,7H2,1-3H3. The van der Waals surface area contributed by atoms with Crippen molar-refractivity contribution >= 4 is 11.6 Å². The quantitative estimate of drug-likeness (QED) is 0.858. The van der Waals surface area contributed by atoms with Gasteiger partial charge in [-0.25, -0.2) is 0 Å². The first kappa shape index (κ1) is 12.5. The summed E-state index contributed by atoms with van der Waals surface area (Å²) in [6, 6.07) is 5.55. The molecule has 0 spiro atoms. The minimum absolute atomic E-state index is 0.125. The van der Waals surface area contributed by atoms with Gasteiger partial charge in [0.25, 0.3) is 0 Å². The highest BCUT2D eigenvalue weighted by molar-refractivity contribution is 6.30. The van der Waals surface area contributed by atoms with Crippen molar-refractivity contribution in [2.75, 3.05) is 6.61 Å². The van der Waals surface area contributed by atoms with Gasteiger partial charge < -0.3 is 9.84 Å². The molecular weight excluding hydrogens is 212 g/mol. The normalized spacial score (nSPS) is 13.2. The van der Waals surface area contributed by atoms with Crippen molar-refractivity contribution < 1.29 is 9.84 Å². The average molecular weight is 229 g/mol. The molecule has 0 aromatic heterocycles. The molecule has 1 atom stereocenters.